The zero-order valence-electron chi connectivity index (χ0n) is 17.1. The van der Waals surface area contributed by atoms with E-state index < -0.39 is 0 Å². The highest BCUT2D eigenvalue weighted by atomic mass is 16.4. The Kier molecular flexibility index (Phi) is 6.03. The zero-order chi connectivity index (χ0) is 19.4. The van der Waals surface area contributed by atoms with Crippen molar-refractivity contribution < 1.29 is 9.21 Å². The van der Waals surface area contributed by atoms with Crippen LogP contribution in [0.5, 0.6) is 0 Å². The summed E-state index contributed by atoms with van der Waals surface area (Å²) in [7, 11) is 0. The van der Waals surface area contributed by atoms with Crippen molar-refractivity contribution in [1.29, 1.82) is 0 Å². The van der Waals surface area contributed by atoms with Gasteiger partial charge in [0.25, 0.3) is 0 Å². The van der Waals surface area contributed by atoms with Gasteiger partial charge in [0.1, 0.15) is 5.76 Å². The maximum absolute atomic E-state index is 12.6. The smallest absolute Gasteiger partial charge is 0.223 e. The van der Waals surface area contributed by atoms with E-state index in [0.29, 0.717) is 18.8 Å². The predicted molar refractivity (Wildman–Crippen MR) is 108 cm³/mol. The molecule has 1 aliphatic rings. The second-order valence-corrected chi connectivity index (χ2v) is 8.79. The summed E-state index contributed by atoms with van der Waals surface area (Å²) in [6.07, 6.45) is 4.45. The van der Waals surface area contributed by atoms with E-state index in [9.17, 15) is 4.79 Å². The molecule has 1 saturated heterocycles. The van der Waals surface area contributed by atoms with Gasteiger partial charge in [-0.3, -0.25) is 4.79 Å². The number of hydrogen-bond acceptors (Lipinski definition) is 3. The molecule has 27 heavy (non-hydrogen) atoms. The van der Waals surface area contributed by atoms with Gasteiger partial charge in [-0.1, -0.05) is 51.1 Å². The third-order valence-corrected chi connectivity index (χ3v) is 5.43. The van der Waals surface area contributed by atoms with Crippen molar-refractivity contribution in [3.63, 3.8) is 0 Å². The molecule has 1 fully saturated rings. The van der Waals surface area contributed by atoms with E-state index >= 15 is 0 Å². The van der Waals surface area contributed by atoms with Crippen molar-refractivity contribution in [3.8, 4) is 0 Å². The number of carbonyl (C=O) groups excluding carboxylic acids is 1. The Morgan fingerprint density at radius 2 is 1.85 bits per heavy atom. The average molecular weight is 369 g/mol. The first-order valence-corrected chi connectivity index (χ1v) is 10.1. The van der Waals surface area contributed by atoms with E-state index in [0.717, 1.165) is 49.7 Å². The van der Waals surface area contributed by atoms with E-state index in [1.807, 2.05) is 11.8 Å². The lowest BCUT2D eigenvalue weighted by Crippen LogP contribution is -2.39. The van der Waals surface area contributed by atoms with Crippen molar-refractivity contribution in [1.82, 2.24) is 9.88 Å². The number of likely N-dealkylation sites (tertiary alicyclic amines) is 1. The molecule has 0 bridgehead atoms. The van der Waals surface area contributed by atoms with E-state index in [1.54, 1.807) is 0 Å². The van der Waals surface area contributed by atoms with Gasteiger partial charge in [-0.25, -0.2) is 4.98 Å². The van der Waals surface area contributed by atoms with E-state index in [1.165, 1.54) is 5.56 Å². The van der Waals surface area contributed by atoms with E-state index in [4.69, 9.17) is 4.42 Å². The fourth-order valence-electron chi connectivity index (χ4n) is 3.69. The highest BCUT2D eigenvalue weighted by Crippen LogP contribution is 2.25. The van der Waals surface area contributed by atoms with Gasteiger partial charge in [0.15, 0.2) is 5.89 Å². The van der Waals surface area contributed by atoms with Gasteiger partial charge in [0, 0.05) is 31.3 Å². The normalized spacial score (nSPS) is 15.9. The summed E-state index contributed by atoms with van der Waals surface area (Å²) in [5.74, 6) is 2.53. The lowest BCUT2D eigenvalue weighted by Gasteiger charge is -2.32. The van der Waals surface area contributed by atoms with Crippen LogP contribution in [0.3, 0.4) is 0 Å². The quantitative estimate of drug-likeness (QED) is 0.769. The Labute approximate surface area is 163 Å². The number of piperidine rings is 1. The molecule has 2 aromatic rings. The van der Waals surface area contributed by atoms with Gasteiger partial charge < -0.3 is 9.32 Å². The standard InChI is InChI=1S/C23H32N2O2/c1-17-20(27-22(24-17)23(2,3)4)10-11-21(26)25-14-12-19(13-15-25)16-18-8-6-5-7-9-18/h5-9,19H,10-16H2,1-4H3. The minimum absolute atomic E-state index is 0.104. The molecule has 1 aliphatic heterocycles. The number of rotatable bonds is 5. The number of aryl methyl sites for hydroxylation is 2. The third kappa shape index (κ3) is 5.21. The van der Waals surface area contributed by atoms with Crippen molar-refractivity contribution in [2.45, 2.75) is 65.2 Å². The number of nitrogens with zero attached hydrogens (tertiary/aromatic N) is 2. The first-order chi connectivity index (χ1) is 12.8. The molecule has 0 atom stereocenters. The number of hydrogen-bond donors (Lipinski definition) is 0. The van der Waals surface area contributed by atoms with Crippen LogP contribution < -0.4 is 0 Å². The summed E-state index contributed by atoms with van der Waals surface area (Å²) >= 11 is 0. The molecule has 1 amide bonds. The summed E-state index contributed by atoms with van der Waals surface area (Å²) in [4.78, 5) is 19.2. The molecule has 0 unspecified atom stereocenters. The minimum Gasteiger partial charge on any atom is -0.445 e. The minimum atomic E-state index is -0.104. The molecule has 1 aromatic carbocycles. The number of oxazole rings is 1. The number of carbonyl (C=O) groups is 1. The third-order valence-electron chi connectivity index (χ3n) is 5.43. The summed E-state index contributed by atoms with van der Waals surface area (Å²) in [6.45, 7) is 9.98. The number of amides is 1. The van der Waals surface area contributed by atoms with Crippen LogP contribution in [0.4, 0.5) is 0 Å². The molecule has 1 aromatic heterocycles. The van der Waals surface area contributed by atoms with Gasteiger partial charge in [-0.2, -0.15) is 0 Å². The van der Waals surface area contributed by atoms with Gasteiger partial charge in [0.05, 0.1) is 5.69 Å². The topological polar surface area (TPSA) is 46.3 Å². The Morgan fingerprint density at radius 3 is 2.44 bits per heavy atom. The SMILES string of the molecule is Cc1nc(C(C)(C)C)oc1CCC(=O)N1CCC(Cc2ccccc2)CC1. The molecular formula is C23H32N2O2. The average Bonchev–Trinajstić information content (AvgIpc) is 3.02. The summed E-state index contributed by atoms with van der Waals surface area (Å²) in [6, 6.07) is 10.7. The molecule has 4 heteroatoms. The Balaban J connectivity index is 1.47. The van der Waals surface area contributed by atoms with Gasteiger partial charge in [-0.15, -0.1) is 0 Å². The van der Waals surface area contributed by atoms with E-state index in [-0.39, 0.29) is 11.3 Å². The first kappa shape index (κ1) is 19.7. The maximum Gasteiger partial charge on any atom is 0.223 e. The summed E-state index contributed by atoms with van der Waals surface area (Å²) < 4.78 is 5.92. The molecular weight excluding hydrogens is 336 g/mol. The Bertz CT molecular complexity index is 750. The van der Waals surface area contributed by atoms with Crippen molar-refractivity contribution >= 4 is 5.91 Å². The maximum atomic E-state index is 12.6. The van der Waals surface area contributed by atoms with Crippen LogP contribution in [-0.4, -0.2) is 28.9 Å². The molecule has 2 heterocycles. The van der Waals surface area contributed by atoms with Crippen LogP contribution in [0.15, 0.2) is 34.7 Å². The molecule has 4 nitrogen and oxygen atoms in total. The van der Waals surface area contributed by atoms with Gasteiger partial charge in [0.2, 0.25) is 5.91 Å². The highest BCUT2D eigenvalue weighted by molar-refractivity contribution is 5.76. The van der Waals surface area contributed by atoms with Crippen molar-refractivity contribution in [2.24, 2.45) is 5.92 Å². The van der Waals surface area contributed by atoms with Crippen LogP contribution in [0, 0.1) is 12.8 Å². The zero-order valence-corrected chi connectivity index (χ0v) is 17.1. The van der Waals surface area contributed by atoms with Crippen LogP contribution in [-0.2, 0) is 23.1 Å². The van der Waals surface area contributed by atoms with Gasteiger partial charge in [-0.05, 0) is 37.7 Å². The molecule has 3 rings (SSSR count). The van der Waals surface area contributed by atoms with Crippen molar-refractivity contribution in [3.05, 3.63) is 53.2 Å². The lowest BCUT2D eigenvalue weighted by atomic mass is 9.90. The second-order valence-electron chi connectivity index (χ2n) is 8.79. The highest BCUT2D eigenvalue weighted by Gasteiger charge is 2.25. The molecule has 0 radical (unpaired) electrons. The molecule has 0 spiro atoms. The summed E-state index contributed by atoms with van der Waals surface area (Å²) in [5, 5.41) is 0. The van der Waals surface area contributed by atoms with Crippen molar-refractivity contribution in [2.75, 3.05) is 13.1 Å². The van der Waals surface area contributed by atoms with Gasteiger partial charge >= 0.3 is 0 Å². The second kappa shape index (κ2) is 8.28. The molecule has 0 saturated carbocycles. The van der Waals surface area contributed by atoms with E-state index in [2.05, 4.69) is 56.1 Å². The fourth-order valence-corrected chi connectivity index (χ4v) is 3.69. The fraction of sp³-hybridized carbons (Fsp3) is 0.565. The van der Waals surface area contributed by atoms with Crippen LogP contribution >= 0.6 is 0 Å². The molecule has 146 valence electrons. The Morgan fingerprint density at radius 1 is 1.19 bits per heavy atom. The lowest BCUT2D eigenvalue weighted by molar-refractivity contribution is -0.132. The van der Waals surface area contributed by atoms with Crippen LogP contribution in [0.25, 0.3) is 0 Å². The number of benzene rings is 1. The first-order valence-electron chi connectivity index (χ1n) is 10.1. The monoisotopic (exact) mass is 368 g/mol. The molecule has 0 aliphatic carbocycles. The largest absolute Gasteiger partial charge is 0.445 e. The van der Waals surface area contributed by atoms with Crippen LogP contribution in [0.2, 0.25) is 0 Å². The predicted octanol–water partition coefficient (Wildman–Crippen LogP) is 4.69. The van der Waals surface area contributed by atoms with Crippen LogP contribution in [0.1, 0.15) is 62.9 Å². The Hall–Kier alpha value is -2.10. The summed E-state index contributed by atoms with van der Waals surface area (Å²) in [5.41, 5.74) is 2.21. The molecule has 0 N–H and O–H groups in total. The number of aromatic nitrogens is 1.